The van der Waals surface area contributed by atoms with Gasteiger partial charge in [-0.15, -0.1) is 10.2 Å². The number of amides is 1. The van der Waals surface area contributed by atoms with Gasteiger partial charge in [-0.1, -0.05) is 30.0 Å². The number of benzene rings is 2. The normalized spacial score (nSPS) is 10.8. The second kappa shape index (κ2) is 8.35. The predicted octanol–water partition coefficient (Wildman–Crippen LogP) is 4.24. The zero-order valence-corrected chi connectivity index (χ0v) is 16.2. The minimum absolute atomic E-state index is 0.0738. The Hall–Kier alpha value is -2.67. The predicted molar refractivity (Wildman–Crippen MR) is 103 cm³/mol. The molecule has 0 unspecified atom stereocenters. The van der Waals surface area contributed by atoms with Crippen LogP contribution < -0.4 is 0 Å². The smallest absolute Gasteiger partial charge is 0.277 e. The van der Waals surface area contributed by atoms with Gasteiger partial charge in [-0.25, -0.2) is 4.39 Å². The fourth-order valence-corrected chi connectivity index (χ4v) is 3.15. The molecule has 0 saturated carbocycles. The summed E-state index contributed by atoms with van der Waals surface area (Å²) in [6, 6.07) is 12.0. The van der Waals surface area contributed by atoms with Crippen molar-refractivity contribution < 1.29 is 13.6 Å². The van der Waals surface area contributed by atoms with E-state index >= 15 is 0 Å². The van der Waals surface area contributed by atoms with E-state index in [2.05, 4.69) is 10.2 Å². The van der Waals surface area contributed by atoms with Crippen LogP contribution in [0.5, 0.6) is 0 Å². The molecular formula is C20H20FN3O2S. The van der Waals surface area contributed by atoms with Crippen LogP contribution in [-0.2, 0) is 11.3 Å². The average Bonchev–Trinajstić information content (AvgIpc) is 3.13. The quantitative estimate of drug-likeness (QED) is 0.594. The largest absolute Gasteiger partial charge is 0.411 e. The molecule has 3 rings (SSSR count). The SMILES string of the molecule is Cc1ccc(-c2nnc(SCC(=O)N(C)Cc3ccc(F)cc3)o2)cc1C. The Morgan fingerprint density at radius 1 is 1.11 bits per heavy atom. The molecule has 0 fully saturated rings. The highest BCUT2D eigenvalue weighted by atomic mass is 32.2. The molecule has 0 aliphatic heterocycles. The molecule has 0 radical (unpaired) electrons. The van der Waals surface area contributed by atoms with Gasteiger partial charge in [0.15, 0.2) is 0 Å². The molecule has 0 atom stereocenters. The van der Waals surface area contributed by atoms with E-state index in [0.717, 1.165) is 16.7 Å². The summed E-state index contributed by atoms with van der Waals surface area (Å²) >= 11 is 1.20. The van der Waals surface area contributed by atoms with Crippen molar-refractivity contribution in [1.29, 1.82) is 0 Å². The van der Waals surface area contributed by atoms with E-state index in [1.54, 1.807) is 24.1 Å². The van der Waals surface area contributed by atoms with Crippen molar-refractivity contribution in [2.45, 2.75) is 25.6 Å². The number of halogens is 1. The van der Waals surface area contributed by atoms with Gasteiger partial charge in [0.1, 0.15) is 5.82 Å². The van der Waals surface area contributed by atoms with Gasteiger partial charge in [0, 0.05) is 19.2 Å². The van der Waals surface area contributed by atoms with Gasteiger partial charge in [-0.05, 0) is 54.8 Å². The third-order valence-corrected chi connectivity index (χ3v) is 5.04. The lowest BCUT2D eigenvalue weighted by molar-refractivity contribution is -0.127. The van der Waals surface area contributed by atoms with Gasteiger partial charge >= 0.3 is 0 Å². The number of aromatic nitrogens is 2. The fraction of sp³-hybridized carbons (Fsp3) is 0.250. The average molecular weight is 385 g/mol. The van der Waals surface area contributed by atoms with Gasteiger partial charge < -0.3 is 9.32 Å². The summed E-state index contributed by atoms with van der Waals surface area (Å²) in [5.74, 6) is 0.258. The minimum Gasteiger partial charge on any atom is -0.411 e. The highest BCUT2D eigenvalue weighted by molar-refractivity contribution is 7.99. The van der Waals surface area contributed by atoms with Crippen molar-refractivity contribution in [3.63, 3.8) is 0 Å². The third kappa shape index (κ3) is 4.95. The van der Waals surface area contributed by atoms with E-state index in [0.29, 0.717) is 17.7 Å². The van der Waals surface area contributed by atoms with E-state index in [9.17, 15) is 9.18 Å². The molecule has 7 heteroatoms. The van der Waals surface area contributed by atoms with Crippen LogP contribution in [0.1, 0.15) is 16.7 Å². The number of nitrogens with zero attached hydrogens (tertiary/aromatic N) is 3. The van der Waals surface area contributed by atoms with Gasteiger partial charge in [-0.2, -0.15) is 0 Å². The van der Waals surface area contributed by atoms with Crippen LogP contribution in [0.4, 0.5) is 4.39 Å². The topological polar surface area (TPSA) is 59.2 Å². The number of carbonyl (C=O) groups is 1. The zero-order chi connectivity index (χ0) is 19.4. The van der Waals surface area contributed by atoms with Crippen LogP contribution >= 0.6 is 11.8 Å². The molecule has 140 valence electrons. The molecule has 0 bridgehead atoms. The molecule has 1 aromatic heterocycles. The standard InChI is InChI=1S/C20H20FN3O2S/c1-13-4-7-16(10-14(13)2)19-22-23-20(26-19)27-12-18(25)24(3)11-15-5-8-17(21)9-6-15/h4-10H,11-12H2,1-3H3. The number of hydrogen-bond acceptors (Lipinski definition) is 5. The molecule has 0 aliphatic carbocycles. The van der Waals surface area contributed by atoms with E-state index in [4.69, 9.17) is 4.42 Å². The van der Waals surface area contributed by atoms with Crippen molar-refractivity contribution in [2.24, 2.45) is 0 Å². The van der Waals surface area contributed by atoms with Crippen molar-refractivity contribution in [3.8, 4) is 11.5 Å². The van der Waals surface area contributed by atoms with E-state index in [-0.39, 0.29) is 17.5 Å². The molecule has 0 spiro atoms. The Morgan fingerprint density at radius 2 is 1.85 bits per heavy atom. The van der Waals surface area contributed by atoms with Crippen LogP contribution in [0, 0.1) is 19.7 Å². The third-order valence-electron chi connectivity index (χ3n) is 4.24. The van der Waals surface area contributed by atoms with Gasteiger partial charge in [0.05, 0.1) is 5.75 Å². The minimum atomic E-state index is -0.292. The lowest BCUT2D eigenvalue weighted by atomic mass is 10.1. The van der Waals surface area contributed by atoms with E-state index < -0.39 is 0 Å². The van der Waals surface area contributed by atoms with E-state index in [1.807, 2.05) is 32.0 Å². The van der Waals surface area contributed by atoms with Gasteiger partial charge in [-0.3, -0.25) is 4.79 Å². The summed E-state index contributed by atoms with van der Waals surface area (Å²) in [5, 5.41) is 8.42. The first-order valence-corrected chi connectivity index (χ1v) is 9.43. The molecule has 5 nitrogen and oxygen atoms in total. The van der Waals surface area contributed by atoms with Crippen LogP contribution in [0.15, 0.2) is 52.1 Å². The van der Waals surface area contributed by atoms with Gasteiger partial charge in [0.2, 0.25) is 11.8 Å². The summed E-state index contributed by atoms with van der Waals surface area (Å²) in [5.41, 5.74) is 4.07. The van der Waals surface area contributed by atoms with Crippen molar-refractivity contribution in [2.75, 3.05) is 12.8 Å². The van der Waals surface area contributed by atoms with Crippen LogP contribution in [0.3, 0.4) is 0 Å². The first-order valence-electron chi connectivity index (χ1n) is 8.44. The molecule has 0 N–H and O–H groups in total. The van der Waals surface area contributed by atoms with Crippen molar-refractivity contribution >= 4 is 17.7 Å². The molecule has 0 aliphatic rings. The second-order valence-corrected chi connectivity index (χ2v) is 7.26. The summed E-state index contributed by atoms with van der Waals surface area (Å²) in [4.78, 5) is 13.9. The Labute approximate surface area is 161 Å². The maximum Gasteiger partial charge on any atom is 0.277 e. The highest BCUT2D eigenvalue weighted by Gasteiger charge is 2.14. The molecule has 3 aromatic rings. The van der Waals surface area contributed by atoms with Crippen molar-refractivity contribution in [3.05, 3.63) is 65.0 Å². The maximum atomic E-state index is 13.0. The number of carbonyl (C=O) groups excluding carboxylic acids is 1. The Balaban J connectivity index is 1.56. The molecule has 0 saturated heterocycles. The molecule has 27 heavy (non-hydrogen) atoms. The summed E-state index contributed by atoms with van der Waals surface area (Å²) < 4.78 is 18.6. The zero-order valence-electron chi connectivity index (χ0n) is 15.4. The maximum absolute atomic E-state index is 13.0. The lowest BCUT2D eigenvalue weighted by Gasteiger charge is -2.16. The molecule has 1 amide bonds. The number of thioether (sulfide) groups is 1. The van der Waals surface area contributed by atoms with Crippen LogP contribution in [-0.4, -0.2) is 33.8 Å². The Morgan fingerprint density at radius 3 is 2.56 bits per heavy atom. The number of rotatable bonds is 6. The highest BCUT2D eigenvalue weighted by Crippen LogP contribution is 2.25. The fourth-order valence-electron chi connectivity index (χ4n) is 2.44. The Kier molecular flexibility index (Phi) is 5.91. The Bertz CT molecular complexity index is 941. The number of hydrogen-bond donors (Lipinski definition) is 0. The first-order chi connectivity index (χ1) is 12.9. The summed E-state index contributed by atoms with van der Waals surface area (Å²) in [6.07, 6.45) is 0. The monoisotopic (exact) mass is 385 g/mol. The van der Waals surface area contributed by atoms with Crippen LogP contribution in [0.2, 0.25) is 0 Å². The first kappa shape index (κ1) is 19.1. The van der Waals surface area contributed by atoms with Crippen LogP contribution in [0.25, 0.3) is 11.5 Å². The lowest BCUT2D eigenvalue weighted by Crippen LogP contribution is -2.27. The number of aryl methyl sites for hydroxylation is 2. The summed E-state index contributed by atoms with van der Waals surface area (Å²) in [7, 11) is 1.71. The van der Waals surface area contributed by atoms with E-state index in [1.165, 1.54) is 29.5 Å². The molecular weight excluding hydrogens is 365 g/mol. The summed E-state index contributed by atoms with van der Waals surface area (Å²) in [6.45, 7) is 4.49. The molecule has 1 heterocycles. The second-order valence-electron chi connectivity index (χ2n) is 6.34. The molecule has 2 aromatic carbocycles. The van der Waals surface area contributed by atoms with Crippen molar-refractivity contribution in [1.82, 2.24) is 15.1 Å². The van der Waals surface area contributed by atoms with Gasteiger partial charge in [0.25, 0.3) is 5.22 Å².